The maximum atomic E-state index is 6.27. The third kappa shape index (κ3) is 6.51. The second-order valence-corrected chi connectivity index (χ2v) is 8.25. The molecule has 1 aliphatic rings. The van der Waals surface area contributed by atoms with Crippen molar-refractivity contribution in [2.45, 2.75) is 58.0 Å². The van der Waals surface area contributed by atoms with E-state index in [9.17, 15) is 0 Å². The highest BCUT2D eigenvalue weighted by atomic mass is 16.7. The van der Waals surface area contributed by atoms with Crippen LogP contribution in [0.5, 0.6) is 0 Å². The quantitative estimate of drug-likeness (QED) is 0.264. The number of ether oxygens (including phenoxy) is 4. The third-order valence-electron chi connectivity index (χ3n) is 5.95. The van der Waals surface area contributed by atoms with E-state index in [-0.39, 0.29) is 19.7 Å². The molecular formula is C26H34O4. The molecule has 1 aliphatic carbocycles. The molecule has 0 N–H and O–H groups in total. The number of hydrogen-bond acceptors (Lipinski definition) is 4. The molecule has 0 bridgehead atoms. The fraction of sp³-hybridized carbons (Fsp3) is 0.462. The molecule has 2 aromatic carbocycles. The van der Waals surface area contributed by atoms with Crippen molar-refractivity contribution in [2.75, 3.05) is 13.6 Å². The summed E-state index contributed by atoms with van der Waals surface area (Å²) in [5, 5.41) is 0. The average Bonchev–Trinajstić information content (AvgIpc) is 2.77. The van der Waals surface area contributed by atoms with Gasteiger partial charge >= 0.3 is 0 Å². The van der Waals surface area contributed by atoms with Crippen molar-refractivity contribution in [1.29, 1.82) is 0 Å². The lowest BCUT2D eigenvalue weighted by atomic mass is 9.74. The van der Waals surface area contributed by atoms with Crippen LogP contribution in [0.1, 0.15) is 44.2 Å². The van der Waals surface area contributed by atoms with Gasteiger partial charge in [-0.3, -0.25) is 0 Å². The summed E-state index contributed by atoms with van der Waals surface area (Å²) in [6.45, 7) is 10.1. The minimum absolute atomic E-state index is 0.0698. The van der Waals surface area contributed by atoms with E-state index in [1.807, 2.05) is 43.3 Å². The van der Waals surface area contributed by atoms with Gasteiger partial charge in [0.25, 0.3) is 0 Å². The predicted molar refractivity (Wildman–Crippen MR) is 119 cm³/mol. The summed E-state index contributed by atoms with van der Waals surface area (Å²) in [6, 6.07) is 20.3. The second kappa shape index (κ2) is 11.4. The zero-order valence-corrected chi connectivity index (χ0v) is 18.2. The molecule has 4 nitrogen and oxygen atoms in total. The van der Waals surface area contributed by atoms with E-state index in [1.54, 1.807) is 0 Å². The van der Waals surface area contributed by atoms with Gasteiger partial charge in [-0.2, -0.15) is 0 Å². The van der Waals surface area contributed by atoms with Gasteiger partial charge in [0.1, 0.15) is 13.6 Å². The Balaban J connectivity index is 1.47. The van der Waals surface area contributed by atoms with E-state index >= 15 is 0 Å². The molecular weight excluding hydrogens is 376 g/mol. The van der Waals surface area contributed by atoms with Gasteiger partial charge in [-0.1, -0.05) is 74.2 Å². The molecule has 0 radical (unpaired) electrons. The summed E-state index contributed by atoms with van der Waals surface area (Å²) < 4.78 is 23.9. The van der Waals surface area contributed by atoms with Gasteiger partial charge in [0.05, 0.1) is 24.9 Å². The molecule has 0 amide bonds. The van der Waals surface area contributed by atoms with Gasteiger partial charge in [-0.05, 0) is 42.4 Å². The van der Waals surface area contributed by atoms with E-state index in [1.165, 1.54) is 0 Å². The standard InChI is InChI=1S/C26H34O4/c1-21(2)26(30-20-28-18-24-12-8-5-9-13-24)15-14-22(3)25(16-26)29-19-27-17-23-10-6-4-7-11-23/h4-13,22,25H,1,14-20H2,2-3H3. The summed E-state index contributed by atoms with van der Waals surface area (Å²) in [6.07, 6.45) is 2.80. The van der Waals surface area contributed by atoms with Crippen LogP contribution < -0.4 is 0 Å². The zero-order valence-electron chi connectivity index (χ0n) is 18.2. The van der Waals surface area contributed by atoms with Crippen molar-refractivity contribution >= 4 is 0 Å². The van der Waals surface area contributed by atoms with Gasteiger partial charge in [-0.25, -0.2) is 0 Å². The fourth-order valence-electron chi connectivity index (χ4n) is 3.90. The molecule has 4 heteroatoms. The van der Waals surface area contributed by atoms with Crippen molar-refractivity contribution in [2.24, 2.45) is 5.92 Å². The first-order valence-electron chi connectivity index (χ1n) is 10.7. The van der Waals surface area contributed by atoms with Crippen LogP contribution in [0.3, 0.4) is 0 Å². The van der Waals surface area contributed by atoms with Crippen LogP contribution >= 0.6 is 0 Å². The normalized spacial score (nSPS) is 23.9. The fourth-order valence-corrected chi connectivity index (χ4v) is 3.90. The maximum absolute atomic E-state index is 6.27. The molecule has 1 saturated carbocycles. The van der Waals surface area contributed by atoms with E-state index in [0.717, 1.165) is 36.0 Å². The van der Waals surface area contributed by atoms with Crippen molar-refractivity contribution < 1.29 is 18.9 Å². The van der Waals surface area contributed by atoms with E-state index in [0.29, 0.717) is 19.1 Å². The summed E-state index contributed by atoms with van der Waals surface area (Å²) in [4.78, 5) is 0. The number of hydrogen-bond donors (Lipinski definition) is 0. The SMILES string of the molecule is C=C(C)C1(OCOCc2ccccc2)CCC(C)C(OCOCc2ccccc2)C1. The van der Waals surface area contributed by atoms with Crippen LogP contribution in [0.4, 0.5) is 0 Å². The molecule has 3 rings (SSSR count). The molecule has 0 aromatic heterocycles. The van der Waals surface area contributed by atoms with Gasteiger partial charge < -0.3 is 18.9 Å². The molecule has 3 atom stereocenters. The first-order chi connectivity index (χ1) is 14.6. The lowest BCUT2D eigenvalue weighted by molar-refractivity contribution is -0.185. The summed E-state index contributed by atoms with van der Waals surface area (Å²) in [5.41, 5.74) is 2.90. The van der Waals surface area contributed by atoms with Crippen molar-refractivity contribution in [3.05, 3.63) is 83.9 Å². The van der Waals surface area contributed by atoms with Crippen LogP contribution in [0, 0.1) is 5.92 Å². The van der Waals surface area contributed by atoms with Crippen LogP contribution in [-0.4, -0.2) is 25.3 Å². The van der Waals surface area contributed by atoms with Crippen LogP contribution in [0.2, 0.25) is 0 Å². The summed E-state index contributed by atoms with van der Waals surface area (Å²) in [7, 11) is 0. The lowest BCUT2D eigenvalue weighted by Gasteiger charge is -2.43. The Kier molecular flexibility index (Phi) is 8.64. The minimum atomic E-state index is -0.409. The van der Waals surface area contributed by atoms with E-state index in [4.69, 9.17) is 18.9 Å². The smallest absolute Gasteiger partial charge is 0.148 e. The molecule has 3 unspecified atom stereocenters. The van der Waals surface area contributed by atoms with E-state index in [2.05, 4.69) is 37.8 Å². The summed E-state index contributed by atoms with van der Waals surface area (Å²) >= 11 is 0. The maximum Gasteiger partial charge on any atom is 0.148 e. The van der Waals surface area contributed by atoms with Gasteiger partial charge in [-0.15, -0.1) is 0 Å². The van der Waals surface area contributed by atoms with Crippen LogP contribution in [-0.2, 0) is 32.2 Å². The second-order valence-electron chi connectivity index (χ2n) is 8.25. The average molecular weight is 411 g/mol. The zero-order chi connectivity index (χ0) is 21.2. The number of benzene rings is 2. The molecule has 0 saturated heterocycles. The Morgan fingerprint density at radius 3 is 2.07 bits per heavy atom. The lowest BCUT2D eigenvalue weighted by Crippen LogP contribution is -2.45. The largest absolute Gasteiger partial charge is 0.352 e. The summed E-state index contributed by atoms with van der Waals surface area (Å²) in [5.74, 6) is 0.451. The third-order valence-corrected chi connectivity index (χ3v) is 5.95. The molecule has 0 spiro atoms. The Morgan fingerprint density at radius 2 is 1.50 bits per heavy atom. The highest BCUT2D eigenvalue weighted by Gasteiger charge is 2.41. The van der Waals surface area contributed by atoms with Crippen molar-refractivity contribution in [3.8, 4) is 0 Å². The van der Waals surface area contributed by atoms with E-state index < -0.39 is 5.60 Å². The minimum Gasteiger partial charge on any atom is -0.352 e. The molecule has 30 heavy (non-hydrogen) atoms. The highest BCUT2D eigenvalue weighted by molar-refractivity contribution is 5.15. The molecule has 0 aliphatic heterocycles. The number of rotatable bonds is 11. The Hall–Kier alpha value is -1.98. The molecule has 0 heterocycles. The van der Waals surface area contributed by atoms with Gasteiger partial charge in [0.2, 0.25) is 0 Å². The van der Waals surface area contributed by atoms with Crippen LogP contribution in [0.25, 0.3) is 0 Å². The highest BCUT2D eigenvalue weighted by Crippen LogP contribution is 2.40. The molecule has 162 valence electrons. The Morgan fingerprint density at radius 1 is 0.933 bits per heavy atom. The monoisotopic (exact) mass is 410 g/mol. The Labute approximate surface area is 180 Å². The first kappa shape index (κ1) is 22.7. The topological polar surface area (TPSA) is 36.9 Å². The Bertz CT molecular complexity index is 761. The molecule has 1 fully saturated rings. The van der Waals surface area contributed by atoms with Crippen molar-refractivity contribution in [3.63, 3.8) is 0 Å². The molecule has 2 aromatic rings. The predicted octanol–water partition coefficient (Wildman–Crippen LogP) is 5.87. The van der Waals surface area contributed by atoms with Crippen LogP contribution in [0.15, 0.2) is 72.8 Å². The van der Waals surface area contributed by atoms with Crippen molar-refractivity contribution in [1.82, 2.24) is 0 Å². The van der Waals surface area contributed by atoms with Gasteiger partial charge in [0.15, 0.2) is 0 Å². The van der Waals surface area contributed by atoms with Gasteiger partial charge in [0, 0.05) is 6.42 Å². The first-order valence-corrected chi connectivity index (χ1v) is 10.7.